The van der Waals surface area contributed by atoms with Crippen molar-refractivity contribution in [1.82, 2.24) is 19.5 Å². The van der Waals surface area contributed by atoms with Crippen LogP contribution < -0.4 is 16.1 Å². The van der Waals surface area contributed by atoms with Gasteiger partial charge in [-0.15, -0.1) is 0 Å². The third-order valence-corrected chi connectivity index (χ3v) is 4.05. The maximum Gasteiger partial charge on any atom is 0.349 e. The first-order chi connectivity index (χ1) is 12.0. The number of para-hydroxylation sites is 2. The van der Waals surface area contributed by atoms with E-state index in [0.29, 0.717) is 5.52 Å². The van der Waals surface area contributed by atoms with Gasteiger partial charge in [0.05, 0.1) is 11.0 Å². The van der Waals surface area contributed by atoms with E-state index in [4.69, 9.17) is 0 Å². The number of benzene rings is 2. The van der Waals surface area contributed by atoms with E-state index in [0.717, 1.165) is 16.9 Å². The lowest BCUT2D eigenvalue weighted by Gasteiger charge is -2.18. The van der Waals surface area contributed by atoms with E-state index < -0.39 is 11.2 Å². The fourth-order valence-corrected chi connectivity index (χ4v) is 2.84. The van der Waals surface area contributed by atoms with Crippen molar-refractivity contribution in [3.63, 3.8) is 0 Å². The van der Waals surface area contributed by atoms with E-state index in [1.165, 1.54) is 0 Å². The van der Waals surface area contributed by atoms with E-state index in [-0.39, 0.29) is 11.5 Å². The molecule has 7 heteroatoms. The van der Waals surface area contributed by atoms with E-state index >= 15 is 0 Å². The van der Waals surface area contributed by atoms with Gasteiger partial charge >= 0.3 is 5.69 Å². The number of hydrogen-bond acceptors (Lipinski definition) is 5. The predicted octanol–water partition coefficient (Wildman–Crippen LogP) is 1.64. The minimum atomic E-state index is -0.687. The van der Waals surface area contributed by atoms with Gasteiger partial charge in [0.25, 0.3) is 5.56 Å². The molecule has 2 aliphatic rings. The van der Waals surface area contributed by atoms with E-state index in [1.807, 2.05) is 67.5 Å². The Hall–Kier alpha value is -3.48. The Morgan fingerprint density at radius 3 is 2.40 bits per heavy atom. The zero-order valence-electron chi connectivity index (χ0n) is 13.7. The molecule has 0 bridgehead atoms. The van der Waals surface area contributed by atoms with Crippen molar-refractivity contribution in [2.45, 2.75) is 0 Å². The highest BCUT2D eigenvalue weighted by atomic mass is 16.2. The van der Waals surface area contributed by atoms with Gasteiger partial charge in [0.15, 0.2) is 11.5 Å². The lowest BCUT2D eigenvalue weighted by Crippen LogP contribution is -2.28. The van der Waals surface area contributed by atoms with Crippen LogP contribution in [0, 0.1) is 0 Å². The number of H-pyrrole nitrogens is 1. The number of nitrogens with one attached hydrogen (secondary N) is 1. The number of aromatic amines is 1. The second-order valence-electron chi connectivity index (χ2n) is 5.89. The normalized spacial score (nSPS) is 11.1. The van der Waals surface area contributed by atoms with E-state index in [2.05, 4.69) is 15.0 Å². The number of nitrogens with zero attached hydrogens (tertiary/aromatic N) is 4. The molecule has 0 fully saturated rings. The third kappa shape index (κ3) is 2.46. The summed E-state index contributed by atoms with van der Waals surface area (Å²) < 4.78 is 1.79. The fraction of sp³-hybridized carbons (Fsp3) is 0.111. The molecule has 124 valence electrons. The summed E-state index contributed by atoms with van der Waals surface area (Å²) in [6, 6.07) is 15.2. The number of aromatic nitrogens is 4. The van der Waals surface area contributed by atoms with E-state index in [1.54, 1.807) is 4.57 Å². The van der Waals surface area contributed by atoms with Crippen LogP contribution in [0.4, 0.5) is 5.69 Å². The van der Waals surface area contributed by atoms with E-state index in [9.17, 15) is 9.59 Å². The molecular formula is C18H15N5O2. The molecule has 4 rings (SSSR count). The third-order valence-electron chi connectivity index (χ3n) is 4.05. The molecule has 25 heavy (non-hydrogen) atoms. The zero-order valence-corrected chi connectivity index (χ0v) is 13.7. The van der Waals surface area contributed by atoms with Crippen molar-refractivity contribution in [2.75, 3.05) is 19.0 Å². The molecule has 7 nitrogen and oxygen atoms in total. The first-order valence-corrected chi connectivity index (χ1v) is 7.74. The largest absolute Gasteiger partial charge is 0.378 e. The molecule has 2 aromatic carbocycles. The van der Waals surface area contributed by atoms with Gasteiger partial charge in [-0.2, -0.15) is 4.98 Å². The van der Waals surface area contributed by atoms with Crippen LogP contribution in [0.1, 0.15) is 0 Å². The van der Waals surface area contributed by atoms with Crippen LogP contribution in [-0.2, 0) is 0 Å². The first kappa shape index (κ1) is 15.1. The molecule has 2 aromatic rings. The van der Waals surface area contributed by atoms with Gasteiger partial charge in [0.2, 0.25) is 0 Å². The highest BCUT2D eigenvalue weighted by Gasteiger charge is 2.19. The van der Waals surface area contributed by atoms with Gasteiger partial charge in [0.1, 0.15) is 0 Å². The number of fused-ring (bicyclic) bond motifs is 2. The van der Waals surface area contributed by atoms with Crippen LogP contribution in [0.25, 0.3) is 28.2 Å². The van der Waals surface area contributed by atoms with Crippen LogP contribution >= 0.6 is 0 Å². The molecule has 0 aromatic heterocycles. The Morgan fingerprint density at radius 1 is 0.960 bits per heavy atom. The highest BCUT2D eigenvalue weighted by Crippen LogP contribution is 2.26. The summed E-state index contributed by atoms with van der Waals surface area (Å²) in [6.07, 6.45) is 0. The Morgan fingerprint density at radius 2 is 1.68 bits per heavy atom. The monoisotopic (exact) mass is 333 g/mol. The average molecular weight is 333 g/mol. The summed E-state index contributed by atoms with van der Waals surface area (Å²) in [5.41, 5.74) is 2.17. The molecule has 1 N–H and O–H groups in total. The van der Waals surface area contributed by atoms with Gasteiger partial charge in [0, 0.05) is 25.5 Å². The van der Waals surface area contributed by atoms with Gasteiger partial charge in [-0.25, -0.2) is 9.78 Å². The standard InChI is InChI=1S/C18H15N5O2/c1-22(2)11-7-9-12(10-8-11)23-14-6-4-3-5-13(14)19-15-16(23)20-18(25)21-17(15)24/h3-10H,1-2H3,(H,21,24,25). The molecule has 0 amide bonds. The van der Waals surface area contributed by atoms with Gasteiger partial charge < -0.3 is 4.90 Å². The predicted molar refractivity (Wildman–Crippen MR) is 96.7 cm³/mol. The van der Waals surface area contributed by atoms with Crippen LogP contribution in [0.15, 0.2) is 58.1 Å². The zero-order chi connectivity index (χ0) is 17.6. The van der Waals surface area contributed by atoms with Gasteiger partial charge in [-0.05, 0) is 36.4 Å². The van der Waals surface area contributed by atoms with Crippen molar-refractivity contribution in [3.8, 4) is 17.2 Å². The Kier molecular flexibility index (Phi) is 3.35. The topological polar surface area (TPSA) is 83.9 Å². The summed E-state index contributed by atoms with van der Waals surface area (Å²) in [4.78, 5) is 36.5. The second kappa shape index (κ2) is 5.55. The maximum absolute atomic E-state index is 12.2. The molecule has 0 aliphatic carbocycles. The van der Waals surface area contributed by atoms with Gasteiger partial charge in [-0.1, -0.05) is 12.1 Å². The molecule has 0 radical (unpaired) electrons. The Labute approximate surface area is 142 Å². The SMILES string of the molecule is CN(C)c1ccc(-n2c3nc(=O)[nH]c(=O)c-3nc3ccccc32)cc1. The van der Waals surface area contributed by atoms with Crippen molar-refractivity contribution < 1.29 is 0 Å². The molecule has 0 spiro atoms. The molecule has 0 atom stereocenters. The van der Waals surface area contributed by atoms with Crippen molar-refractivity contribution >= 4 is 16.7 Å². The summed E-state index contributed by atoms with van der Waals surface area (Å²) in [5.74, 6) is 0.241. The molecule has 0 saturated heterocycles. The number of rotatable bonds is 2. The Balaban J connectivity index is 2.12. The van der Waals surface area contributed by atoms with Crippen LogP contribution in [0.5, 0.6) is 0 Å². The van der Waals surface area contributed by atoms with Crippen LogP contribution in [-0.4, -0.2) is 33.6 Å². The first-order valence-electron chi connectivity index (χ1n) is 7.74. The quantitative estimate of drug-likeness (QED) is 0.564. The van der Waals surface area contributed by atoms with Crippen molar-refractivity contribution in [1.29, 1.82) is 0 Å². The van der Waals surface area contributed by atoms with Crippen LogP contribution in [0.2, 0.25) is 0 Å². The number of hydrogen-bond donors (Lipinski definition) is 1. The lowest BCUT2D eigenvalue weighted by molar-refractivity contribution is 0.937. The van der Waals surface area contributed by atoms with Crippen molar-refractivity contribution in [3.05, 3.63) is 69.4 Å². The highest BCUT2D eigenvalue weighted by molar-refractivity contribution is 5.81. The maximum atomic E-state index is 12.2. The fourth-order valence-electron chi connectivity index (χ4n) is 2.84. The van der Waals surface area contributed by atoms with Gasteiger partial charge in [-0.3, -0.25) is 14.3 Å². The smallest absolute Gasteiger partial charge is 0.349 e. The van der Waals surface area contributed by atoms with Crippen LogP contribution in [0.3, 0.4) is 0 Å². The molecule has 0 saturated carbocycles. The minimum absolute atomic E-state index is 0.134. The summed E-state index contributed by atoms with van der Waals surface area (Å²) in [5, 5.41) is 0. The summed E-state index contributed by atoms with van der Waals surface area (Å²) in [7, 11) is 3.92. The minimum Gasteiger partial charge on any atom is -0.378 e. The average Bonchev–Trinajstić information content (AvgIpc) is 2.60. The molecule has 0 unspecified atom stereocenters. The molecule has 2 heterocycles. The summed E-state index contributed by atoms with van der Waals surface area (Å²) in [6.45, 7) is 0. The molecule has 2 aliphatic heterocycles. The Bertz CT molecular complexity index is 1160. The van der Waals surface area contributed by atoms with Crippen molar-refractivity contribution in [2.24, 2.45) is 0 Å². The number of anilines is 1. The lowest BCUT2D eigenvalue weighted by atomic mass is 10.2. The summed E-state index contributed by atoms with van der Waals surface area (Å²) >= 11 is 0. The molecular weight excluding hydrogens is 318 g/mol. The second-order valence-corrected chi connectivity index (χ2v) is 5.89.